The third kappa shape index (κ3) is 2.28. The summed E-state index contributed by atoms with van der Waals surface area (Å²) in [5.41, 5.74) is 10.9. The quantitative estimate of drug-likeness (QED) is 0.866. The zero-order valence-corrected chi connectivity index (χ0v) is 11.1. The maximum absolute atomic E-state index is 13.5. The SMILES string of the molecule is Cc1cc(F)cc(C(N)C2CCc3ccccc32)c1. The van der Waals surface area contributed by atoms with Gasteiger partial charge in [0.2, 0.25) is 0 Å². The molecule has 1 aliphatic carbocycles. The first-order chi connectivity index (χ1) is 9.15. The Balaban J connectivity index is 1.95. The van der Waals surface area contributed by atoms with Crippen LogP contribution in [0.2, 0.25) is 0 Å². The maximum Gasteiger partial charge on any atom is 0.123 e. The van der Waals surface area contributed by atoms with E-state index in [1.165, 1.54) is 11.1 Å². The van der Waals surface area contributed by atoms with Crippen LogP contribution >= 0.6 is 0 Å². The van der Waals surface area contributed by atoms with Crippen LogP contribution in [0.5, 0.6) is 0 Å². The zero-order valence-electron chi connectivity index (χ0n) is 11.1. The van der Waals surface area contributed by atoms with Crippen LogP contribution in [0.25, 0.3) is 0 Å². The molecule has 0 heterocycles. The van der Waals surface area contributed by atoms with Crippen LogP contribution in [-0.4, -0.2) is 0 Å². The third-order valence-corrected chi connectivity index (χ3v) is 4.06. The predicted molar refractivity (Wildman–Crippen MR) is 75.6 cm³/mol. The molecular formula is C17H18FN. The number of benzene rings is 2. The van der Waals surface area contributed by atoms with Gasteiger partial charge in [-0.3, -0.25) is 0 Å². The van der Waals surface area contributed by atoms with E-state index in [9.17, 15) is 4.39 Å². The van der Waals surface area contributed by atoms with Crippen LogP contribution in [-0.2, 0) is 6.42 Å². The van der Waals surface area contributed by atoms with Crippen molar-refractivity contribution >= 4 is 0 Å². The summed E-state index contributed by atoms with van der Waals surface area (Å²) in [5, 5.41) is 0. The number of rotatable bonds is 2. The highest BCUT2D eigenvalue weighted by atomic mass is 19.1. The number of fused-ring (bicyclic) bond motifs is 1. The van der Waals surface area contributed by atoms with Gasteiger partial charge in [0.15, 0.2) is 0 Å². The van der Waals surface area contributed by atoms with Gasteiger partial charge in [-0.2, -0.15) is 0 Å². The summed E-state index contributed by atoms with van der Waals surface area (Å²) in [7, 11) is 0. The van der Waals surface area contributed by atoms with Gasteiger partial charge >= 0.3 is 0 Å². The fourth-order valence-electron chi connectivity index (χ4n) is 3.15. The predicted octanol–water partition coefficient (Wildman–Crippen LogP) is 3.86. The number of nitrogens with two attached hydrogens (primary N) is 1. The van der Waals surface area contributed by atoms with Crippen molar-refractivity contribution in [1.29, 1.82) is 0 Å². The Morgan fingerprint density at radius 3 is 2.79 bits per heavy atom. The van der Waals surface area contributed by atoms with Crippen LogP contribution in [0.1, 0.15) is 40.6 Å². The van der Waals surface area contributed by atoms with Crippen molar-refractivity contribution in [3.63, 3.8) is 0 Å². The van der Waals surface area contributed by atoms with E-state index in [4.69, 9.17) is 5.73 Å². The lowest BCUT2D eigenvalue weighted by atomic mass is 9.88. The molecule has 0 aliphatic heterocycles. The van der Waals surface area contributed by atoms with E-state index in [2.05, 4.69) is 24.3 Å². The van der Waals surface area contributed by atoms with Crippen molar-refractivity contribution in [1.82, 2.24) is 0 Å². The number of hydrogen-bond acceptors (Lipinski definition) is 1. The van der Waals surface area contributed by atoms with Gasteiger partial charge in [0.05, 0.1) is 0 Å². The summed E-state index contributed by atoms with van der Waals surface area (Å²) in [6, 6.07) is 13.4. The van der Waals surface area contributed by atoms with Crippen LogP contribution in [0.3, 0.4) is 0 Å². The van der Waals surface area contributed by atoms with E-state index in [1.54, 1.807) is 12.1 Å². The summed E-state index contributed by atoms with van der Waals surface area (Å²) in [5.74, 6) is 0.106. The van der Waals surface area contributed by atoms with Gasteiger partial charge in [-0.05, 0) is 54.2 Å². The van der Waals surface area contributed by atoms with Gasteiger partial charge in [-0.1, -0.05) is 30.3 Å². The van der Waals surface area contributed by atoms with Gasteiger partial charge in [-0.15, -0.1) is 0 Å². The first-order valence-corrected chi connectivity index (χ1v) is 6.75. The Kier molecular flexibility index (Phi) is 3.11. The second kappa shape index (κ2) is 4.78. The monoisotopic (exact) mass is 255 g/mol. The Bertz CT molecular complexity index is 586. The Hall–Kier alpha value is -1.67. The van der Waals surface area contributed by atoms with Gasteiger partial charge < -0.3 is 5.73 Å². The highest BCUT2D eigenvalue weighted by molar-refractivity contribution is 5.38. The molecule has 2 aromatic carbocycles. The molecule has 1 nitrogen and oxygen atoms in total. The van der Waals surface area contributed by atoms with Gasteiger partial charge in [0, 0.05) is 12.0 Å². The average molecular weight is 255 g/mol. The molecule has 0 spiro atoms. The summed E-state index contributed by atoms with van der Waals surface area (Å²) >= 11 is 0. The third-order valence-electron chi connectivity index (χ3n) is 4.06. The molecule has 2 heteroatoms. The molecule has 0 saturated carbocycles. The van der Waals surface area contributed by atoms with Crippen molar-refractivity contribution in [2.75, 3.05) is 0 Å². The minimum atomic E-state index is -0.197. The Morgan fingerprint density at radius 2 is 2.00 bits per heavy atom. The molecule has 2 N–H and O–H groups in total. The number of aryl methyl sites for hydroxylation is 2. The molecule has 2 unspecified atom stereocenters. The van der Waals surface area contributed by atoms with E-state index >= 15 is 0 Å². The van der Waals surface area contributed by atoms with E-state index in [1.807, 2.05) is 13.0 Å². The smallest absolute Gasteiger partial charge is 0.123 e. The van der Waals surface area contributed by atoms with E-state index in [-0.39, 0.29) is 11.9 Å². The Labute approximate surface area is 113 Å². The fourth-order valence-corrected chi connectivity index (χ4v) is 3.15. The summed E-state index contributed by atoms with van der Waals surface area (Å²) in [4.78, 5) is 0. The van der Waals surface area contributed by atoms with Crippen LogP contribution < -0.4 is 5.73 Å². The molecule has 0 saturated heterocycles. The second-order valence-corrected chi connectivity index (χ2v) is 5.43. The molecule has 98 valence electrons. The minimum absolute atomic E-state index is 0.127. The van der Waals surface area contributed by atoms with Crippen LogP contribution in [0.4, 0.5) is 4.39 Å². The maximum atomic E-state index is 13.5. The molecule has 0 fully saturated rings. The molecule has 0 bridgehead atoms. The van der Waals surface area contributed by atoms with Crippen LogP contribution in [0, 0.1) is 12.7 Å². The lowest BCUT2D eigenvalue weighted by molar-refractivity contribution is 0.544. The topological polar surface area (TPSA) is 26.0 Å². The van der Waals surface area contributed by atoms with E-state index in [0.717, 1.165) is 24.0 Å². The van der Waals surface area contributed by atoms with Crippen molar-refractivity contribution in [3.05, 3.63) is 70.5 Å². The largest absolute Gasteiger partial charge is 0.323 e. The zero-order chi connectivity index (χ0) is 13.4. The van der Waals surface area contributed by atoms with Crippen molar-refractivity contribution in [2.24, 2.45) is 5.73 Å². The van der Waals surface area contributed by atoms with E-state index in [0.29, 0.717) is 5.92 Å². The van der Waals surface area contributed by atoms with Crippen molar-refractivity contribution in [2.45, 2.75) is 31.7 Å². The molecule has 19 heavy (non-hydrogen) atoms. The highest BCUT2D eigenvalue weighted by Gasteiger charge is 2.28. The van der Waals surface area contributed by atoms with Gasteiger partial charge in [-0.25, -0.2) is 4.39 Å². The molecular weight excluding hydrogens is 237 g/mol. The summed E-state index contributed by atoms with van der Waals surface area (Å²) < 4.78 is 13.5. The number of halogens is 1. The van der Waals surface area contributed by atoms with Gasteiger partial charge in [0.25, 0.3) is 0 Å². The van der Waals surface area contributed by atoms with Crippen molar-refractivity contribution < 1.29 is 4.39 Å². The molecule has 3 rings (SSSR count). The summed E-state index contributed by atoms with van der Waals surface area (Å²) in [6.07, 6.45) is 2.12. The Morgan fingerprint density at radius 1 is 1.21 bits per heavy atom. The fraction of sp³-hybridized carbons (Fsp3) is 0.294. The van der Waals surface area contributed by atoms with Crippen LogP contribution in [0.15, 0.2) is 42.5 Å². The standard InChI is InChI=1S/C17H18FN/c1-11-8-13(10-14(18)9-11)17(19)16-7-6-12-4-2-3-5-15(12)16/h2-5,8-10,16-17H,6-7,19H2,1H3. The number of hydrogen-bond donors (Lipinski definition) is 1. The molecule has 2 aromatic rings. The lowest BCUT2D eigenvalue weighted by Crippen LogP contribution is -2.18. The normalized spacial score (nSPS) is 19.2. The second-order valence-electron chi connectivity index (χ2n) is 5.43. The lowest BCUT2D eigenvalue weighted by Gasteiger charge is -2.21. The highest BCUT2D eigenvalue weighted by Crippen LogP contribution is 2.40. The first kappa shape index (κ1) is 12.4. The van der Waals surface area contributed by atoms with Crippen molar-refractivity contribution in [3.8, 4) is 0 Å². The minimum Gasteiger partial charge on any atom is -0.323 e. The van der Waals surface area contributed by atoms with Gasteiger partial charge in [0.1, 0.15) is 5.82 Å². The van der Waals surface area contributed by atoms with E-state index < -0.39 is 0 Å². The molecule has 1 aliphatic rings. The first-order valence-electron chi connectivity index (χ1n) is 6.75. The molecule has 2 atom stereocenters. The molecule has 0 amide bonds. The average Bonchev–Trinajstić information content (AvgIpc) is 2.80. The summed E-state index contributed by atoms with van der Waals surface area (Å²) in [6.45, 7) is 1.90. The molecule has 0 aromatic heterocycles. The molecule has 0 radical (unpaired) electrons.